The zero-order valence-corrected chi connectivity index (χ0v) is 9.10. The van der Waals surface area contributed by atoms with E-state index in [0.717, 1.165) is 13.3 Å². The molecule has 1 rings (SSSR count). The van der Waals surface area contributed by atoms with Gasteiger partial charge in [0, 0.05) is 6.20 Å². The third-order valence-corrected chi connectivity index (χ3v) is 2.26. The number of carbonyl (C=O) groups is 1. The number of carbonyl (C=O) groups excluding carboxylic acids is 1. The van der Waals surface area contributed by atoms with Crippen LogP contribution in [0.15, 0.2) is 15.5 Å². The van der Waals surface area contributed by atoms with Gasteiger partial charge in [-0.05, 0) is 15.9 Å². The summed E-state index contributed by atoms with van der Waals surface area (Å²) in [7, 11) is 1.01. The lowest BCUT2D eigenvalue weighted by Crippen LogP contribution is -2.21. The molecular formula is C8H6BrF2NO3. The Morgan fingerprint density at radius 1 is 1.60 bits per heavy atom. The fourth-order valence-corrected chi connectivity index (χ4v) is 1.31. The summed E-state index contributed by atoms with van der Waals surface area (Å²) in [6, 6.07) is 0. The molecule has 0 radical (unpaired) electrons. The number of rotatable bonds is 2. The van der Waals surface area contributed by atoms with E-state index < -0.39 is 29.1 Å². The van der Waals surface area contributed by atoms with Crippen LogP contribution >= 0.6 is 15.9 Å². The number of ether oxygens (including phenoxy) is 1. The van der Waals surface area contributed by atoms with Crippen molar-refractivity contribution in [1.29, 1.82) is 0 Å². The number of aromatic amines is 1. The molecule has 0 aromatic carbocycles. The van der Waals surface area contributed by atoms with E-state index in [1.807, 2.05) is 0 Å². The summed E-state index contributed by atoms with van der Waals surface area (Å²) >= 11 is 2.83. The van der Waals surface area contributed by atoms with E-state index in [-0.39, 0.29) is 4.47 Å². The van der Waals surface area contributed by atoms with E-state index in [4.69, 9.17) is 0 Å². The lowest BCUT2D eigenvalue weighted by molar-refractivity contribution is 0.0585. The van der Waals surface area contributed by atoms with Crippen LogP contribution in [-0.4, -0.2) is 18.1 Å². The van der Waals surface area contributed by atoms with Gasteiger partial charge in [0.1, 0.15) is 11.3 Å². The maximum Gasteiger partial charge on any atom is 0.343 e. The molecule has 0 atom stereocenters. The van der Waals surface area contributed by atoms with Crippen LogP contribution in [0.25, 0.3) is 0 Å². The molecular weight excluding hydrogens is 276 g/mol. The number of aromatic nitrogens is 1. The molecule has 7 heteroatoms. The van der Waals surface area contributed by atoms with E-state index in [2.05, 4.69) is 25.7 Å². The highest BCUT2D eigenvalue weighted by atomic mass is 79.9. The quantitative estimate of drug-likeness (QED) is 0.842. The summed E-state index contributed by atoms with van der Waals surface area (Å²) in [6.07, 6.45) is -1.89. The second kappa shape index (κ2) is 4.52. The number of pyridine rings is 1. The molecule has 1 N–H and O–H groups in total. The Hall–Kier alpha value is -1.24. The van der Waals surface area contributed by atoms with Crippen LogP contribution in [0.1, 0.15) is 22.5 Å². The van der Waals surface area contributed by atoms with E-state index in [0.29, 0.717) is 0 Å². The SMILES string of the molecule is COC(=O)c1c(C(F)F)[nH]cc(Br)c1=O. The minimum atomic E-state index is -2.94. The van der Waals surface area contributed by atoms with E-state index >= 15 is 0 Å². The van der Waals surface area contributed by atoms with Crippen molar-refractivity contribution in [3.63, 3.8) is 0 Å². The fourth-order valence-electron chi connectivity index (χ4n) is 0.997. The van der Waals surface area contributed by atoms with E-state index in [1.165, 1.54) is 0 Å². The Morgan fingerprint density at radius 2 is 2.20 bits per heavy atom. The number of nitrogens with one attached hydrogen (secondary N) is 1. The van der Waals surface area contributed by atoms with Crippen LogP contribution in [0.3, 0.4) is 0 Å². The molecule has 0 amide bonds. The first-order valence-electron chi connectivity index (χ1n) is 3.76. The summed E-state index contributed by atoms with van der Waals surface area (Å²) < 4.78 is 29.1. The number of H-pyrrole nitrogens is 1. The van der Waals surface area contributed by atoms with Crippen LogP contribution in [0, 0.1) is 0 Å². The standard InChI is InChI=1S/C8H6BrF2NO3/c1-15-8(14)4-5(7(10)11)12-2-3(9)6(4)13/h2,7H,1H3,(H,12,13). The maximum atomic E-state index is 12.4. The Labute approximate surface area is 91.4 Å². The zero-order valence-electron chi connectivity index (χ0n) is 7.51. The van der Waals surface area contributed by atoms with Gasteiger partial charge in [-0.25, -0.2) is 13.6 Å². The lowest BCUT2D eigenvalue weighted by Gasteiger charge is -2.06. The van der Waals surface area contributed by atoms with Gasteiger partial charge in [-0.15, -0.1) is 0 Å². The normalized spacial score (nSPS) is 10.5. The highest BCUT2D eigenvalue weighted by molar-refractivity contribution is 9.10. The summed E-state index contributed by atoms with van der Waals surface area (Å²) in [6.45, 7) is 0. The molecule has 0 bridgehead atoms. The summed E-state index contributed by atoms with van der Waals surface area (Å²) in [5.41, 5.74) is -2.24. The number of hydrogen-bond acceptors (Lipinski definition) is 3. The lowest BCUT2D eigenvalue weighted by atomic mass is 10.2. The predicted molar refractivity (Wildman–Crippen MR) is 51.1 cm³/mol. The molecule has 0 aliphatic heterocycles. The van der Waals surface area contributed by atoms with Crippen LogP contribution in [0.5, 0.6) is 0 Å². The molecule has 0 unspecified atom stereocenters. The van der Waals surface area contributed by atoms with Crippen molar-refractivity contribution in [2.24, 2.45) is 0 Å². The second-order valence-corrected chi connectivity index (χ2v) is 3.40. The van der Waals surface area contributed by atoms with Crippen molar-refractivity contribution in [2.75, 3.05) is 7.11 Å². The number of hydrogen-bond donors (Lipinski definition) is 1. The molecule has 0 fully saturated rings. The number of halogens is 3. The molecule has 0 spiro atoms. The van der Waals surface area contributed by atoms with Gasteiger partial charge in [0.15, 0.2) is 0 Å². The minimum absolute atomic E-state index is 0.00713. The molecule has 0 saturated heterocycles. The Balaban J connectivity index is 3.49. The molecule has 1 heterocycles. The average molecular weight is 282 g/mol. The van der Waals surface area contributed by atoms with Gasteiger partial charge in [-0.3, -0.25) is 4.79 Å². The van der Waals surface area contributed by atoms with Crippen LogP contribution < -0.4 is 5.43 Å². The third-order valence-electron chi connectivity index (χ3n) is 1.68. The number of alkyl halides is 2. The van der Waals surface area contributed by atoms with E-state index in [1.54, 1.807) is 0 Å². The zero-order chi connectivity index (χ0) is 11.6. The van der Waals surface area contributed by atoms with Gasteiger partial charge in [0.05, 0.1) is 11.6 Å². The van der Waals surface area contributed by atoms with Gasteiger partial charge in [-0.1, -0.05) is 0 Å². The Bertz CT molecular complexity index is 444. The first-order chi connectivity index (χ1) is 6.99. The van der Waals surface area contributed by atoms with Gasteiger partial charge in [-0.2, -0.15) is 0 Å². The minimum Gasteiger partial charge on any atom is -0.465 e. The maximum absolute atomic E-state index is 12.4. The van der Waals surface area contributed by atoms with Crippen LogP contribution in [0.4, 0.5) is 8.78 Å². The van der Waals surface area contributed by atoms with Crippen molar-refractivity contribution in [3.8, 4) is 0 Å². The Kier molecular flexibility index (Phi) is 3.57. The molecule has 0 aliphatic carbocycles. The van der Waals surface area contributed by atoms with Crippen molar-refractivity contribution in [1.82, 2.24) is 4.98 Å². The van der Waals surface area contributed by atoms with Crippen LogP contribution in [0.2, 0.25) is 0 Å². The summed E-state index contributed by atoms with van der Waals surface area (Å²) in [5, 5.41) is 0. The molecule has 0 aliphatic rings. The molecule has 82 valence electrons. The third kappa shape index (κ3) is 2.23. The summed E-state index contributed by atoms with van der Waals surface area (Å²) in [4.78, 5) is 24.7. The predicted octanol–water partition coefficient (Wildman–Crippen LogP) is 1.86. The average Bonchev–Trinajstić information content (AvgIpc) is 2.20. The smallest absolute Gasteiger partial charge is 0.343 e. The van der Waals surface area contributed by atoms with Gasteiger partial charge >= 0.3 is 5.97 Å². The highest BCUT2D eigenvalue weighted by Crippen LogP contribution is 2.20. The monoisotopic (exact) mass is 281 g/mol. The van der Waals surface area contributed by atoms with Crippen molar-refractivity contribution < 1.29 is 18.3 Å². The van der Waals surface area contributed by atoms with Crippen molar-refractivity contribution in [3.05, 3.63) is 32.2 Å². The first-order valence-corrected chi connectivity index (χ1v) is 4.56. The topological polar surface area (TPSA) is 59.2 Å². The van der Waals surface area contributed by atoms with Crippen LogP contribution in [-0.2, 0) is 4.74 Å². The Morgan fingerprint density at radius 3 is 2.67 bits per heavy atom. The fraction of sp³-hybridized carbons (Fsp3) is 0.250. The number of methoxy groups -OCH3 is 1. The highest BCUT2D eigenvalue weighted by Gasteiger charge is 2.24. The summed E-state index contributed by atoms with van der Waals surface area (Å²) in [5.74, 6) is -1.09. The van der Waals surface area contributed by atoms with E-state index in [9.17, 15) is 18.4 Å². The van der Waals surface area contributed by atoms with Gasteiger partial charge in [0.25, 0.3) is 6.43 Å². The molecule has 1 aromatic heterocycles. The number of esters is 1. The molecule has 15 heavy (non-hydrogen) atoms. The second-order valence-electron chi connectivity index (χ2n) is 2.55. The van der Waals surface area contributed by atoms with Crippen molar-refractivity contribution in [2.45, 2.75) is 6.43 Å². The largest absolute Gasteiger partial charge is 0.465 e. The van der Waals surface area contributed by atoms with Gasteiger partial charge in [0.2, 0.25) is 5.43 Å². The first kappa shape index (κ1) is 11.8. The molecule has 0 saturated carbocycles. The van der Waals surface area contributed by atoms with Crippen molar-refractivity contribution >= 4 is 21.9 Å². The molecule has 1 aromatic rings. The molecule has 4 nitrogen and oxygen atoms in total. The van der Waals surface area contributed by atoms with Gasteiger partial charge < -0.3 is 9.72 Å².